The molecule has 4 nitrogen and oxygen atoms in total. The summed E-state index contributed by atoms with van der Waals surface area (Å²) in [5.41, 5.74) is 0. The van der Waals surface area contributed by atoms with Crippen molar-refractivity contribution in [2.75, 3.05) is 12.3 Å². The monoisotopic (exact) mass is 412 g/mol. The van der Waals surface area contributed by atoms with Gasteiger partial charge in [-0.25, -0.2) is 0 Å². The second-order valence-electron chi connectivity index (χ2n) is 5.99. The molecule has 23 heavy (non-hydrogen) atoms. The van der Waals surface area contributed by atoms with Crippen LogP contribution in [0.25, 0.3) is 0 Å². The molecule has 0 amide bonds. The molecule has 0 aliphatic heterocycles. The molecule has 0 N–H and O–H groups in total. The molecule has 0 radical (unpaired) electrons. The van der Waals surface area contributed by atoms with Gasteiger partial charge < -0.3 is 18.9 Å². The van der Waals surface area contributed by atoms with Crippen molar-refractivity contribution >= 4 is 16.1 Å². The van der Waals surface area contributed by atoms with Crippen molar-refractivity contribution in [2.45, 2.75) is 79.1 Å². The first-order chi connectivity index (χ1) is 10.4. The molecule has 144 valence electrons. The standard InChI is InChI=1S/2C8H19O2P.Ni/c2*1-3-5-6-8(4-2)7-11(9)10;/h2*8,11H,3-7H2,1-2H3,(H,9,10);/q;;+2/p-2. The summed E-state index contributed by atoms with van der Waals surface area (Å²) in [6, 6.07) is 0. The molecular formula is C16H36NiO4P2. The largest absolute Gasteiger partial charge is 2.00 e. The van der Waals surface area contributed by atoms with Crippen molar-refractivity contribution in [2.24, 2.45) is 11.8 Å². The Labute approximate surface area is 154 Å². The minimum atomic E-state index is -2.48. The van der Waals surface area contributed by atoms with E-state index in [4.69, 9.17) is 0 Å². The molecule has 0 saturated carbocycles. The summed E-state index contributed by atoms with van der Waals surface area (Å²) >= 11 is 0. The van der Waals surface area contributed by atoms with Crippen molar-refractivity contribution in [1.82, 2.24) is 0 Å². The van der Waals surface area contributed by atoms with Crippen molar-refractivity contribution in [3.63, 3.8) is 0 Å². The van der Waals surface area contributed by atoms with E-state index in [2.05, 4.69) is 27.7 Å². The van der Waals surface area contributed by atoms with Crippen LogP contribution in [0.15, 0.2) is 0 Å². The van der Waals surface area contributed by atoms with Crippen LogP contribution in [0.4, 0.5) is 0 Å². The molecule has 0 saturated heterocycles. The van der Waals surface area contributed by atoms with E-state index in [0.717, 1.165) is 51.4 Å². The van der Waals surface area contributed by atoms with Crippen molar-refractivity contribution in [3.05, 3.63) is 0 Å². The SMILES string of the molecule is CCCCC(CC)C[PH](=O)[O-].CCCCC(CC)C[PH](=O)[O-].[Ni+2]. The summed E-state index contributed by atoms with van der Waals surface area (Å²) < 4.78 is 20.8. The number of hydrogen-bond donors (Lipinski definition) is 0. The fourth-order valence-electron chi connectivity index (χ4n) is 2.36. The molecule has 0 rings (SSSR count). The normalized spacial score (nSPS) is 15.6. The first-order valence-corrected chi connectivity index (χ1v) is 11.8. The van der Waals surface area contributed by atoms with E-state index in [1.165, 1.54) is 0 Å². The van der Waals surface area contributed by atoms with Crippen molar-refractivity contribution in [3.8, 4) is 0 Å². The molecule has 0 aromatic rings. The van der Waals surface area contributed by atoms with Crippen LogP contribution in [-0.2, 0) is 25.6 Å². The second-order valence-corrected chi connectivity index (χ2v) is 8.29. The summed E-state index contributed by atoms with van der Waals surface area (Å²) in [4.78, 5) is 20.8. The van der Waals surface area contributed by atoms with Crippen LogP contribution in [0.3, 0.4) is 0 Å². The Morgan fingerprint density at radius 2 is 1.04 bits per heavy atom. The van der Waals surface area contributed by atoms with E-state index >= 15 is 0 Å². The third-order valence-electron chi connectivity index (χ3n) is 4.00. The number of rotatable bonds is 12. The van der Waals surface area contributed by atoms with E-state index in [9.17, 15) is 18.9 Å². The fourth-order valence-corrected chi connectivity index (χ4v) is 4.29. The molecule has 7 heteroatoms. The zero-order chi connectivity index (χ0) is 17.4. The van der Waals surface area contributed by atoms with Gasteiger partial charge in [-0.05, 0) is 24.2 Å². The zero-order valence-corrected chi connectivity index (χ0v) is 18.2. The number of hydrogen-bond acceptors (Lipinski definition) is 4. The minimum absolute atomic E-state index is 0. The molecule has 0 aliphatic carbocycles. The Kier molecular flexibility index (Phi) is 26.1. The van der Waals surface area contributed by atoms with Crippen LogP contribution in [0.1, 0.15) is 79.1 Å². The molecule has 0 aliphatic rings. The van der Waals surface area contributed by atoms with Crippen LogP contribution >= 0.6 is 16.1 Å². The van der Waals surface area contributed by atoms with E-state index in [0.29, 0.717) is 24.2 Å². The molecule has 0 aromatic heterocycles. The first kappa shape index (κ1) is 28.7. The Hall–Kier alpha value is 0.874. The van der Waals surface area contributed by atoms with Crippen LogP contribution in [0.5, 0.6) is 0 Å². The Balaban J connectivity index is -0.000000333. The predicted octanol–water partition coefficient (Wildman–Crippen LogP) is 4.07. The first-order valence-electron chi connectivity index (χ1n) is 8.80. The zero-order valence-electron chi connectivity index (χ0n) is 15.2. The number of unbranched alkanes of at least 4 members (excludes halogenated alkanes) is 2. The van der Waals surface area contributed by atoms with Gasteiger partial charge in [0.1, 0.15) is 0 Å². The molecular weight excluding hydrogens is 377 g/mol. The smallest absolute Gasteiger partial charge is 0.802 e. The van der Waals surface area contributed by atoms with E-state index in [-0.39, 0.29) is 16.5 Å². The van der Waals surface area contributed by atoms with Gasteiger partial charge in [0.05, 0.1) is 0 Å². The van der Waals surface area contributed by atoms with Gasteiger partial charge in [0.25, 0.3) is 0 Å². The van der Waals surface area contributed by atoms with Gasteiger partial charge in [0.15, 0.2) is 0 Å². The average molecular weight is 413 g/mol. The Morgan fingerprint density at radius 3 is 1.22 bits per heavy atom. The van der Waals surface area contributed by atoms with Crippen molar-refractivity contribution in [1.29, 1.82) is 0 Å². The van der Waals surface area contributed by atoms with E-state index in [1.54, 1.807) is 0 Å². The van der Waals surface area contributed by atoms with Gasteiger partial charge in [-0.1, -0.05) is 79.1 Å². The van der Waals surface area contributed by atoms with Crippen LogP contribution in [-0.4, -0.2) is 12.3 Å². The minimum Gasteiger partial charge on any atom is -0.802 e. The van der Waals surface area contributed by atoms with Gasteiger partial charge in [-0.3, -0.25) is 0 Å². The molecule has 0 aromatic carbocycles. The summed E-state index contributed by atoms with van der Waals surface area (Å²) in [6.07, 6.45) is 9.63. The van der Waals surface area contributed by atoms with E-state index in [1.807, 2.05) is 0 Å². The third-order valence-corrected chi connectivity index (χ3v) is 5.82. The molecule has 0 bridgehead atoms. The quantitative estimate of drug-likeness (QED) is 0.357. The van der Waals surface area contributed by atoms with Crippen LogP contribution < -0.4 is 9.79 Å². The van der Waals surface area contributed by atoms with Gasteiger partial charge in [0, 0.05) is 16.1 Å². The Bertz CT molecular complexity index is 263. The van der Waals surface area contributed by atoms with E-state index < -0.39 is 16.1 Å². The molecule has 0 spiro atoms. The summed E-state index contributed by atoms with van der Waals surface area (Å²) in [6.45, 7) is 8.39. The summed E-state index contributed by atoms with van der Waals surface area (Å²) in [7, 11) is -4.95. The average Bonchev–Trinajstić information content (AvgIpc) is 2.47. The molecule has 4 unspecified atom stereocenters. The van der Waals surface area contributed by atoms with Gasteiger partial charge >= 0.3 is 16.5 Å². The van der Waals surface area contributed by atoms with Gasteiger partial charge in [-0.2, -0.15) is 0 Å². The Morgan fingerprint density at radius 1 is 0.739 bits per heavy atom. The van der Waals surface area contributed by atoms with Crippen molar-refractivity contribution < 1.29 is 35.4 Å². The van der Waals surface area contributed by atoms with Gasteiger partial charge in [-0.15, -0.1) is 0 Å². The third kappa shape index (κ3) is 22.9. The predicted molar refractivity (Wildman–Crippen MR) is 94.3 cm³/mol. The maximum absolute atomic E-state index is 10.4. The fraction of sp³-hybridized carbons (Fsp3) is 1.00. The summed E-state index contributed by atoms with van der Waals surface area (Å²) in [5, 5.41) is 0. The second kappa shape index (κ2) is 20.9. The molecule has 0 heterocycles. The molecule has 0 fully saturated rings. The summed E-state index contributed by atoms with van der Waals surface area (Å²) in [5.74, 6) is 0.831. The van der Waals surface area contributed by atoms with Crippen LogP contribution in [0.2, 0.25) is 0 Å². The van der Waals surface area contributed by atoms with Gasteiger partial charge in [0.2, 0.25) is 0 Å². The maximum atomic E-state index is 10.4. The molecule has 4 atom stereocenters. The topological polar surface area (TPSA) is 80.3 Å². The van der Waals surface area contributed by atoms with Crippen LogP contribution in [0, 0.1) is 11.8 Å². The maximum Gasteiger partial charge on any atom is 2.00 e.